The van der Waals surface area contributed by atoms with Crippen molar-refractivity contribution in [3.63, 3.8) is 0 Å². The largest absolute Gasteiger partial charge is 1.00 e. The second-order valence-electron chi connectivity index (χ2n) is 19.0. The Morgan fingerprint density at radius 1 is 0.671 bits per heavy atom. The number of nitrogens with zero attached hydrogens (tertiary/aromatic N) is 2. The Morgan fingerprint density at radius 2 is 1.29 bits per heavy atom. The summed E-state index contributed by atoms with van der Waals surface area (Å²) in [5.74, 6) is -2.11. The minimum atomic E-state index is -5.35. The third-order valence-electron chi connectivity index (χ3n) is 12.0. The van der Waals surface area contributed by atoms with Crippen molar-refractivity contribution in [2.75, 3.05) is 10.6 Å². The van der Waals surface area contributed by atoms with E-state index in [9.17, 15) is 52.6 Å². The molecule has 0 saturated heterocycles. The fourth-order valence-electron chi connectivity index (χ4n) is 9.28. The topological polar surface area (TPSA) is 335 Å². The number of aromatic nitrogens is 1. The number of anilines is 4. The summed E-state index contributed by atoms with van der Waals surface area (Å²) in [4.78, 5) is 22.3. The van der Waals surface area contributed by atoms with Crippen molar-refractivity contribution < 1.29 is 190 Å². The minimum absolute atomic E-state index is 0. The molecule has 0 amide bonds. The third kappa shape index (κ3) is 14.2. The number of hydrogen-bond acceptors (Lipinski definition) is 21. The normalized spacial score (nSPS) is 13.6. The first kappa shape index (κ1) is 67.0. The van der Waals surface area contributed by atoms with E-state index in [1.807, 2.05) is 34.6 Å². The summed E-state index contributed by atoms with van der Waals surface area (Å²) in [5, 5.41) is 20.6. The monoisotopic (exact) mass is 1210 g/mol. The smallest absolute Gasteiger partial charge is 0.744 e. The molecule has 0 radical (unpaired) electrons. The van der Waals surface area contributed by atoms with Crippen molar-refractivity contribution in [1.29, 1.82) is 0 Å². The summed E-state index contributed by atoms with van der Waals surface area (Å²) in [6, 6.07) is 24.7. The number of rotatable bonds is 15. The molecular weight excluding hydrogens is 1170 g/mol. The van der Waals surface area contributed by atoms with Crippen LogP contribution in [-0.4, -0.2) is 63.9 Å². The Morgan fingerprint density at radius 3 is 1.91 bits per heavy atom. The van der Waals surface area contributed by atoms with E-state index in [0.717, 1.165) is 30.3 Å². The molecule has 79 heavy (non-hydrogen) atoms. The van der Waals surface area contributed by atoms with Crippen LogP contribution in [0.15, 0.2) is 145 Å². The van der Waals surface area contributed by atoms with Crippen LogP contribution in [0.1, 0.15) is 68.1 Å². The van der Waals surface area contributed by atoms with Gasteiger partial charge in [-0.2, -0.15) is 4.33 Å². The second-order valence-corrected chi connectivity index (χ2v) is 25.5. The van der Waals surface area contributed by atoms with Gasteiger partial charge in [0.15, 0.2) is 17.4 Å². The maximum absolute atomic E-state index is 15.2. The van der Waals surface area contributed by atoms with Gasteiger partial charge < -0.3 is 34.3 Å². The Balaban J connectivity index is 0.00000287. The number of carbonyl (C=O) groups excluding carboxylic acids is 1. The minimum Gasteiger partial charge on any atom is -0.744 e. The van der Waals surface area contributed by atoms with E-state index in [4.69, 9.17) is 14.7 Å². The molecule has 1 aliphatic carbocycles. The number of benzene rings is 6. The van der Waals surface area contributed by atoms with E-state index < -0.39 is 72.0 Å². The van der Waals surface area contributed by atoms with Gasteiger partial charge in [-0.15, -0.1) is 0 Å². The summed E-state index contributed by atoms with van der Waals surface area (Å²) >= 11 is 0.188. The van der Waals surface area contributed by atoms with E-state index in [0.29, 0.717) is 12.0 Å². The molecule has 21 nitrogen and oxygen atoms in total. The number of ketones is 1. The number of amidine groups is 1. The van der Waals surface area contributed by atoms with Crippen LogP contribution < -0.4 is 144 Å². The zero-order valence-electron chi connectivity index (χ0n) is 43.6. The summed E-state index contributed by atoms with van der Waals surface area (Å²) < 4.78 is 154. The number of para-hydroxylation sites is 1. The van der Waals surface area contributed by atoms with Crippen LogP contribution in [0.3, 0.4) is 0 Å². The molecule has 0 spiro atoms. The molecule has 2 aliphatic rings. The van der Waals surface area contributed by atoms with Crippen LogP contribution >= 0.6 is 12.0 Å². The fraction of sp³-hybridized carbons (Fsp3) is 0.163. The molecule has 2 heterocycles. The fourth-order valence-corrected chi connectivity index (χ4v) is 12.6. The van der Waals surface area contributed by atoms with Crippen LogP contribution in [0.4, 0.5) is 28.6 Å². The van der Waals surface area contributed by atoms with Gasteiger partial charge in [0.2, 0.25) is 0 Å². The number of nitrogens with one attached hydrogen (secondary N) is 3. The maximum atomic E-state index is 15.2. The van der Waals surface area contributed by atoms with Crippen LogP contribution in [0, 0.1) is 5.41 Å². The Bertz CT molecular complexity index is 4070. The van der Waals surface area contributed by atoms with Crippen molar-refractivity contribution in [1.82, 2.24) is 9.71 Å². The van der Waals surface area contributed by atoms with Gasteiger partial charge in [-0.05, 0) is 95.1 Å². The maximum Gasteiger partial charge on any atom is 1.00 e. The van der Waals surface area contributed by atoms with Crippen molar-refractivity contribution in [2.45, 2.75) is 70.9 Å². The van der Waals surface area contributed by atoms with Gasteiger partial charge in [-0.25, -0.2) is 43.6 Å². The van der Waals surface area contributed by atoms with Crippen molar-refractivity contribution in [2.24, 2.45) is 10.4 Å². The first-order valence-corrected chi connectivity index (χ1v) is 28.5. The quantitative estimate of drug-likeness (QED) is 0.0288. The molecule has 7 aromatic rings. The molecular formula is C49H39N5Na4O16S5. The first-order chi connectivity index (χ1) is 35.0. The van der Waals surface area contributed by atoms with Gasteiger partial charge in [0.1, 0.15) is 52.3 Å². The zero-order valence-corrected chi connectivity index (χ0v) is 55.7. The van der Waals surface area contributed by atoms with Crippen LogP contribution in [0.25, 0.3) is 22.0 Å². The summed E-state index contributed by atoms with van der Waals surface area (Å²) in [7, 11) is -19.8. The number of hydrogen-bond donors (Lipinski definition) is 3. The molecule has 0 fully saturated rings. The Hall–Kier alpha value is -2.82. The third-order valence-corrected chi connectivity index (χ3v) is 16.6. The van der Waals surface area contributed by atoms with E-state index >= 15 is 4.79 Å². The van der Waals surface area contributed by atoms with Gasteiger partial charge in [-0.1, -0.05) is 77.1 Å². The SMILES string of the molecule is CC(C)(C)CC(C)(C)c1ccc(Oc2cc(Nc3ccc(S(=O)(=O)[O-])cc3SOO[O-])c3c4c(c(C5=Nc6ccccc6S(=O)(=O)N5)c(Nc5ccc(S(=O)(=O)[O-])cc5)nc24)-c2ccccc2C3=O)c(S(=O)(=O)[O-])c1.[Na+].[Na+].[Na+].[Na+]. The number of aliphatic imine (C=N–C) groups is 1. The second kappa shape index (κ2) is 25.2. The van der Waals surface area contributed by atoms with Crippen LogP contribution in [0.5, 0.6) is 11.5 Å². The van der Waals surface area contributed by atoms with Gasteiger partial charge in [0.05, 0.1) is 59.8 Å². The molecule has 0 unspecified atom stereocenters. The number of ether oxygens (including phenoxy) is 1. The average Bonchev–Trinajstić information content (AvgIpc) is 3.35. The zero-order chi connectivity index (χ0) is 54.2. The van der Waals surface area contributed by atoms with Gasteiger partial charge >= 0.3 is 118 Å². The number of fused-ring (bicyclic) bond motifs is 3. The predicted octanol–water partition coefficient (Wildman–Crippen LogP) is -4.23. The van der Waals surface area contributed by atoms with E-state index in [1.54, 1.807) is 30.3 Å². The standard InChI is InChI=1S/C49H43N5O16S5.4Na/c1-48(2,3)25-49(4,5)26-14-21-35(39(22-26)75(65,66)67)68-36-24-34(51-32-20-19-29(74(62,63)64)23-37(32)71-70-69-56)41-42-40(30-10-6-7-11-31(30)45(41)55)43(47-52-33-12-8-9-13-38(33)72(57,58)54-47)46(53-44(36)42)50-27-15-17-28(18-16-27)73(59,60)61;;;;/h6-24,51,56H,25H2,1-5H3,(H,50,53)(H,52,54)(H,59,60,61)(H,62,63,64)(H,65,66,67);;;;/q;4*+1/p-4. The first-order valence-electron chi connectivity index (χ1n) is 22.1. The van der Waals surface area contributed by atoms with Crippen molar-refractivity contribution in [3.8, 4) is 22.6 Å². The molecule has 9 rings (SSSR count). The van der Waals surface area contributed by atoms with E-state index in [1.165, 1.54) is 54.6 Å². The molecule has 0 bridgehead atoms. The molecule has 390 valence electrons. The molecule has 6 aromatic carbocycles. The van der Waals surface area contributed by atoms with E-state index in [2.05, 4.69) is 24.7 Å². The average molecular weight is 1210 g/mol. The summed E-state index contributed by atoms with van der Waals surface area (Å²) in [6.07, 6.45) is 0.552. The van der Waals surface area contributed by atoms with Crippen LogP contribution in [-0.2, 0) is 55.2 Å². The number of sulfonamides is 1. The van der Waals surface area contributed by atoms with Crippen molar-refractivity contribution in [3.05, 3.63) is 138 Å². The van der Waals surface area contributed by atoms with Crippen LogP contribution in [0.2, 0.25) is 0 Å². The van der Waals surface area contributed by atoms with Gasteiger partial charge in [-0.3, -0.25) is 14.6 Å². The predicted molar refractivity (Wildman–Crippen MR) is 269 cm³/mol. The molecule has 1 aromatic heterocycles. The van der Waals surface area contributed by atoms with Crippen molar-refractivity contribution >= 4 is 104 Å². The Kier molecular flexibility index (Phi) is 21.3. The molecule has 3 N–H and O–H groups in total. The van der Waals surface area contributed by atoms with E-state index in [-0.39, 0.29) is 224 Å². The number of pyridine rings is 1. The Labute approximate surface area is 548 Å². The van der Waals surface area contributed by atoms with Gasteiger partial charge in [0, 0.05) is 28.3 Å². The molecule has 0 saturated carbocycles. The molecule has 1 aliphatic heterocycles. The van der Waals surface area contributed by atoms with Gasteiger partial charge in [0.25, 0.3) is 10.0 Å². The summed E-state index contributed by atoms with van der Waals surface area (Å²) in [6.45, 7) is 9.76. The molecule has 30 heteroatoms. The number of carbonyl (C=O) groups is 1. The summed E-state index contributed by atoms with van der Waals surface area (Å²) in [5.41, 5.74) is -0.940. The molecule has 0 atom stereocenters.